The summed E-state index contributed by atoms with van der Waals surface area (Å²) in [6.07, 6.45) is 7.42. The number of hydrogen-bond donors (Lipinski definition) is 1. The van der Waals surface area contributed by atoms with E-state index in [4.69, 9.17) is 10.3 Å². The molecule has 0 spiro atoms. The average molecular weight is 246 g/mol. The maximum atomic E-state index is 6.17. The van der Waals surface area contributed by atoms with Crippen LogP contribution in [0.2, 0.25) is 0 Å². The molecule has 0 bridgehead atoms. The molecule has 1 fully saturated rings. The van der Waals surface area contributed by atoms with Crippen molar-refractivity contribution in [3.63, 3.8) is 0 Å². The van der Waals surface area contributed by atoms with Crippen molar-refractivity contribution in [2.45, 2.75) is 38.8 Å². The topological polar surface area (TPSA) is 69.9 Å². The third-order valence-electron chi connectivity index (χ3n) is 3.43. The molecule has 2 N–H and O–H groups in total. The Morgan fingerprint density at radius 1 is 1.56 bits per heavy atom. The van der Waals surface area contributed by atoms with E-state index in [1.165, 1.54) is 18.4 Å². The van der Waals surface area contributed by atoms with E-state index in [1.807, 2.05) is 17.7 Å². The molecule has 3 rings (SSSR count). The van der Waals surface area contributed by atoms with Crippen LogP contribution in [0.1, 0.15) is 43.1 Å². The quantitative estimate of drug-likeness (QED) is 0.874. The van der Waals surface area contributed by atoms with E-state index in [9.17, 15) is 0 Å². The van der Waals surface area contributed by atoms with Gasteiger partial charge in [-0.3, -0.25) is 0 Å². The van der Waals surface area contributed by atoms with E-state index in [0.717, 1.165) is 12.2 Å². The molecule has 1 atom stereocenters. The predicted octanol–water partition coefficient (Wildman–Crippen LogP) is 1.89. The maximum absolute atomic E-state index is 6.17. The predicted molar refractivity (Wildman–Crippen MR) is 66.9 cm³/mol. The molecule has 1 aliphatic carbocycles. The van der Waals surface area contributed by atoms with Gasteiger partial charge in [0, 0.05) is 24.9 Å². The highest BCUT2D eigenvalue weighted by molar-refractivity contribution is 5.18. The van der Waals surface area contributed by atoms with Gasteiger partial charge >= 0.3 is 0 Å². The third kappa shape index (κ3) is 2.31. The van der Waals surface area contributed by atoms with Gasteiger partial charge in [0.25, 0.3) is 0 Å². The van der Waals surface area contributed by atoms with Gasteiger partial charge in [-0.2, -0.15) is 4.98 Å². The molecule has 5 nitrogen and oxygen atoms in total. The van der Waals surface area contributed by atoms with Crippen molar-refractivity contribution >= 4 is 0 Å². The normalized spacial score (nSPS) is 17.0. The highest BCUT2D eigenvalue weighted by Gasteiger charge is 2.29. The summed E-state index contributed by atoms with van der Waals surface area (Å²) >= 11 is 0. The van der Waals surface area contributed by atoms with Crippen LogP contribution in [0.4, 0.5) is 0 Å². The minimum Gasteiger partial charge on any atom is -0.345 e. The second kappa shape index (κ2) is 4.57. The van der Waals surface area contributed by atoms with E-state index >= 15 is 0 Å². The summed E-state index contributed by atoms with van der Waals surface area (Å²) in [7, 11) is 0. The van der Waals surface area contributed by atoms with Crippen LogP contribution in [0.15, 0.2) is 23.0 Å². The first-order chi connectivity index (χ1) is 8.76. The van der Waals surface area contributed by atoms with Crippen molar-refractivity contribution in [2.24, 2.45) is 11.7 Å². The number of nitrogens with zero attached hydrogens (tertiary/aromatic N) is 3. The summed E-state index contributed by atoms with van der Waals surface area (Å²) in [5, 5.41) is 3.89. The Balaban J connectivity index is 1.69. The van der Waals surface area contributed by atoms with Gasteiger partial charge in [0.05, 0.1) is 0 Å². The zero-order valence-electron chi connectivity index (χ0n) is 10.5. The molecule has 0 aliphatic heterocycles. The van der Waals surface area contributed by atoms with Crippen molar-refractivity contribution in [3.05, 3.63) is 35.7 Å². The van der Waals surface area contributed by atoms with E-state index in [0.29, 0.717) is 18.4 Å². The molecule has 2 aromatic rings. The van der Waals surface area contributed by atoms with Crippen molar-refractivity contribution in [1.29, 1.82) is 0 Å². The molecular formula is C13H18N4O. The molecule has 1 unspecified atom stereocenters. The molecule has 18 heavy (non-hydrogen) atoms. The molecule has 2 aromatic heterocycles. The summed E-state index contributed by atoms with van der Waals surface area (Å²) in [6.45, 7) is 2.63. The fourth-order valence-corrected chi connectivity index (χ4v) is 2.14. The summed E-state index contributed by atoms with van der Waals surface area (Å²) in [6, 6.07) is 2.26. The first-order valence-electron chi connectivity index (χ1n) is 6.49. The number of hydrogen-bond acceptors (Lipinski definition) is 4. The molecular weight excluding hydrogens is 228 g/mol. The minimum atomic E-state index is 0.181. The Bertz CT molecular complexity index is 527. The van der Waals surface area contributed by atoms with Gasteiger partial charge in [-0.15, -0.1) is 0 Å². The van der Waals surface area contributed by atoms with Gasteiger partial charge in [0.15, 0.2) is 5.82 Å². The standard InChI is InChI=1S/C13H18N4O/c1-2-11-15-12(18-16-11)8-17-6-5-10(7-17)13(14)9-3-4-9/h5-7,9,13H,2-4,8,14H2,1H3. The first-order valence-corrected chi connectivity index (χ1v) is 6.49. The summed E-state index contributed by atoms with van der Waals surface area (Å²) in [5.41, 5.74) is 7.37. The van der Waals surface area contributed by atoms with Gasteiger partial charge < -0.3 is 14.8 Å². The van der Waals surface area contributed by atoms with Crippen LogP contribution >= 0.6 is 0 Å². The molecule has 1 saturated carbocycles. The van der Waals surface area contributed by atoms with E-state index in [-0.39, 0.29) is 6.04 Å². The average Bonchev–Trinajstić information content (AvgIpc) is 2.96. The maximum Gasteiger partial charge on any atom is 0.246 e. The lowest BCUT2D eigenvalue weighted by Crippen LogP contribution is -2.11. The lowest BCUT2D eigenvalue weighted by molar-refractivity contribution is 0.366. The molecule has 0 aromatic carbocycles. The van der Waals surface area contributed by atoms with Crippen molar-refractivity contribution in [3.8, 4) is 0 Å². The van der Waals surface area contributed by atoms with Crippen LogP contribution in [-0.4, -0.2) is 14.7 Å². The van der Waals surface area contributed by atoms with Gasteiger partial charge in [-0.05, 0) is 30.4 Å². The first kappa shape index (κ1) is 11.5. The van der Waals surface area contributed by atoms with Gasteiger partial charge in [0.2, 0.25) is 5.89 Å². The summed E-state index contributed by atoms with van der Waals surface area (Å²) < 4.78 is 7.22. The molecule has 0 radical (unpaired) electrons. The smallest absolute Gasteiger partial charge is 0.246 e. The molecule has 96 valence electrons. The largest absolute Gasteiger partial charge is 0.345 e. The molecule has 1 aliphatic rings. The lowest BCUT2D eigenvalue weighted by Gasteiger charge is -2.06. The van der Waals surface area contributed by atoms with Crippen LogP contribution in [0.25, 0.3) is 0 Å². The molecule has 2 heterocycles. The number of nitrogens with two attached hydrogens (primary N) is 1. The Kier molecular flexibility index (Phi) is 2.91. The van der Waals surface area contributed by atoms with Gasteiger partial charge in [-0.1, -0.05) is 12.1 Å². The zero-order chi connectivity index (χ0) is 12.5. The summed E-state index contributed by atoms with van der Waals surface area (Å²) in [4.78, 5) is 4.30. The van der Waals surface area contributed by atoms with Crippen molar-refractivity contribution in [2.75, 3.05) is 0 Å². The summed E-state index contributed by atoms with van der Waals surface area (Å²) in [5.74, 6) is 2.08. The highest BCUT2D eigenvalue weighted by atomic mass is 16.5. The lowest BCUT2D eigenvalue weighted by atomic mass is 10.1. The Morgan fingerprint density at radius 3 is 3.06 bits per heavy atom. The van der Waals surface area contributed by atoms with E-state index in [2.05, 4.69) is 22.4 Å². The SMILES string of the molecule is CCc1noc(Cn2ccc(C(N)C3CC3)c2)n1. The van der Waals surface area contributed by atoms with E-state index < -0.39 is 0 Å². The fourth-order valence-electron chi connectivity index (χ4n) is 2.14. The van der Waals surface area contributed by atoms with Gasteiger partial charge in [-0.25, -0.2) is 0 Å². The van der Waals surface area contributed by atoms with Crippen molar-refractivity contribution in [1.82, 2.24) is 14.7 Å². The van der Waals surface area contributed by atoms with Crippen LogP contribution in [-0.2, 0) is 13.0 Å². The number of aromatic nitrogens is 3. The Labute approximate surface area is 106 Å². The van der Waals surface area contributed by atoms with E-state index in [1.54, 1.807) is 0 Å². The Morgan fingerprint density at radius 2 is 2.39 bits per heavy atom. The highest BCUT2D eigenvalue weighted by Crippen LogP contribution is 2.39. The second-order valence-corrected chi connectivity index (χ2v) is 4.94. The van der Waals surface area contributed by atoms with Crippen molar-refractivity contribution < 1.29 is 4.52 Å². The second-order valence-electron chi connectivity index (χ2n) is 4.94. The fraction of sp³-hybridized carbons (Fsp3) is 0.538. The van der Waals surface area contributed by atoms with Crippen LogP contribution in [0, 0.1) is 5.92 Å². The molecule has 5 heteroatoms. The number of rotatable bonds is 5. The minimum absolute atomic E-state index is 0.181. The zero-order valence-corrected chi connectivity index (χ0v) is 10.5. The monoisotopic (exact) mass is 246 g/mol. The molecule has 0 amide bonds. The third-order valence-corrected chi connectivity index (χ3v) is 3.43. The Hall–Kier alpha value is -1.62. The van der Waals surface area contributed by atoms with Crippen LogP contribution in [0.3, 0.4) is 0 Å². The van der Waals surface area contributed by atoms with Crippen LogP contribution in [0.5, 0.6) is 0 Å². The number of aryl methyl sites for hydroxylation is 1. The molecule has 0 saturated heterocycles. The van der Waals surface area contributed by atoms with Gasteiger partial charge in [0.1, 0.15) is 6.54 Å². The van der Waals surface area contributed by atoms with Crippen LogP contribution < -0.4 is 5.73 Å².